The third-order valence-corrected chi connectivity index (χ3v) is 5.29. The number of aromatic nitrogens is 4. The number of amides is 1. The number of nitrogens with zero attached hydrogens (tertiary/aromatic N) is 5. The summed E-state index contributed by atoms with van der Waals surface area (Å²) in [6.45, 7) is 7.48. The third kappa shape index (κ3) is 3.11. The SMILES string of the molecule is Cc1cc(C(=O)N2CCOC[C@H]2c2c(C)nn(-c3ccccc3)c2C)n(C)n1. The van der Waals surface area contributed by atoms with Crippen molar-refractivity contribution in [2.24, 2.45) is 7.05 Å². The molecule has 1 saturated heterocycles. The minimum atomic E-state index is -0.172. The standard InChI is InChI=1S/C21H25N5O2/c1-14-12-18(24(4)22-14)21(27)25-10-11-28-13-19(25)20-15(2)23-26(16(20)3)17-8-6-5-7-9-17/h5-9,12,19H,10-11,13H2,1-4H3/t19-/m0/s1. The first kappa shape index (κ1) is 18.4. The third-order valence-electron chi connectivity index (χ3n) is 5.29. The Labute approximate surface area is 164 Å². The lowest BCUT2D eigenvalue weighted by Crippen LogP contribution is -2.44. The number of carbonyl (C=O) groups excluding carboxylic acids is 1. The second-order valence-corrected chi connectivity index (χ2v) is 7.22. The highest BCUT2D eigenvalue weighted by molar-refractivity contribution is 5.93. The van der Waals surface area contributed by atoms with Crippen LogP contribution in [0.25, 0.3) is 5.69 Å². The van der Waals surface area contributed by atoms with E-state index in [0.29, 0.717) is 25.5 Å². The number of carbonyl (C=O) groups is 1. The van der Waals surface area contributed by atoms with Gasteiger partial charge in [0.05, 0.1) is 36.3 Å². The Morgan fingerprint density at radius 3 is 2.57 bits per heavy atom. The van der Waals surface area contributed by atoms with Crippen molar-refractivity contribution in [3.63, 3.8) is 0 Å². The maximum atomic E-state index is 13.3. The van der Waals surface area contributed by atoms with Crippen LogP contribution in [0.5, 0.6) is 0 Å². The van der Waals surface area contributed by atoms with E-state index in [2.05, 4.69) is 5.10 Å². The topological polar surface area (TPSA) is 65.2 Å². The van der Waals surface area contributed by atoms with Gasteiger partial charge in [0.2, 0.25) is 0 Å². The number of ether oxygens (including phenoxy) is 1. The molecule has 2 aromatic heterocycles. The number of hydrogen-bond donors (Lipinski definition) is 0. The maximum absolute atomic E-state index is 13.3. The van der Waals surface area contributed by atoms with Crippen LogP contribution in [-0.4, -0.2) is 50.1 Å². The van der Waals surface area contributed by atoms with Crippen LogP contribution in [0, 0.1) is 20.8 Å². The van der Waals surface area contributed by atoms with Crippen LogP contribution in [-0.2, 0) is 11.8 Å². The molecule has 1 aliphatic rings. The number of rotatable bonds is 3. The molecule has 7 nitrogen and oxygen atoms in total. The molecule has 1 amide bonds. The minimum absolute atomic E-state index is 0.0253. The van der Waals surface area contributed by atoms with Crippen molar-refractivity contribution < 1.29 is 9.53 Å². The van der Waals surface area contributed by atoms with Gasteiger partial charge in [-0.05, 0) is 39.0 Å². The van der Waals surface area contributed by atoms with Gasteiger partial charge < -0.3 is 9.64 Å². The van der Waals surface area contributed by atoms with Crippen molar-refractivity contribution in [2.75, 3.05) is 19.8 Å². The smallest absolute Gasteiger partial charge is 0.272 e. The molecular formula is C21H25N5O2. The fraction of sp³-hybridized carbons (Fsp3) is 0.381. The highest BCUT2D eigenvalue weighted by Gasteiger charge is 2.34. The molecule has 0 saturated carbocycles. The molecule has 1 aromatic carbocycles. The van der Waals surface area contributed by atoms with E-state index in [0.717, 1.165) is 28.3 Å². The Kier molecular flexibility index (Phi) is 4.77. The summed E-state index contributed by atoms with van der Waals surface area (Å²) in [5, 5.41) is 9.07. The van der Waals surface area contributed by atoms with Gasteiger partial charge in [0.15, 0.2) is 0 Å². The lowest BCUT2D eigenvalue weighted by atomic mass is 10.0. The Bertz CT molecular complexity index is 1010. The molecule has 0 unspecified atom stereocenters. The molecule has 7 heteroatoms. The van der Waals surface area contributed by atoms with Crippen LogP contribution in [0.1, 0.15) is 39.2 Å². The molecule has 3 heterocycles. The van der Waals surface area contributed by atoms with Crippen molar-refractivity contribution in [1.82, 2.24) is 24.5 Å². The summed E-state index contributed by atoms with van der Waals surface area (Å²) >= 11 is 0. The summed E-state index contributed by atoms with van der Waals surface area (Å²) in [6.07, 6.45) is 0. The Balaban J connectivity index is 1.74. The van der Waals surface area contributed by atoms with Crippen LogP contribution in [0.4, 0.5) is 0 Å². The first-order chi connectivity index (χ1) is 13.5. The fourth-order valence-corrected chi connectivity index (χ4v) is 4.00. The highest BCUT2D eigenvalue weighted by atomic mass is 16.5. The monoisotopic (exact) mass is 379 g/mol. The Morgan fingerprint density at radius 1 is 1.14 bits per heavy atom. The van der Waals surface area contributed by atoms with Crippen molar-refractivity contribution in [1.29, 1.82) is 0 Å². The van der Waals surface area contributed by atoms with Gasteiger partial charge >= 0.3 is 0 Å². The Hall–Kier alpha value is -2.93. The first-order valence-corrected chi connectivity index (χ1v) is 9.48. The van der Waals surface area contributed by atoms with Gasteiger partial charge in [-0.15, -0.1) is 0 Å². The van der Waals surface area contributed by atoms with E-state index in [1.165, 1.54) is 0 Å². The van der Waals surface area contributed by atoms with E-state index in [-0.39, 0.29) is 11.9 Å². The Morgan fingerprint density at radius 2 is 1.89 bits per heavy atom. The van der Waals surface area contributed by atoms with Gasteiger partial charge in [-0.25, -0.2) is 4.68 Å². The van der Waals surface area contributed by atoms with Crippen molar-refractivity contribution in [2.45, 2.75) is 26.8 Å². The number of hydrogen-bond acceptors (Lipinski definition) is 4. The fourth-order valence-electron chi connectivity index (χ4n) is 4.00. The van der Waals surface area contributed by atoms with Crippen LogP contribution in [0.3, 0.4) is 0 Å². The molecular weight excluding hydrogens is 354 g/mol. The molecule has 146 valence electrons. The lowest BCUT2D eigenvalue weighted by molar-refractivity contribution is -0.00360. The highest BCUT2D eigenvalue weighted by Crippen LogP contribution is 2.31. The maximum Gasteiger partial charge on any atom is 0.272 e. The largest absolute Gasteiger partial charge is 0.377 e. The zero-order valence-electron chi connectivity index (χ0n) is 16.7. The number of aryl methyl sites for hydroxylation is 3. The van der Waals surface area contributed by atoms with Crippen LogP contribution < -0.4 is 0 Å². The van der Waals surface area contributed by atoms with E-state index in [1.54, 1.807) is 11.7 Å². The average Bonchev–Trinajstić information content (AvgIpc) is 3.19. The second kappa shape index (κ2) is 7.24. The summed E-state index contributed by atoms with van der Waals surface area (Å²) < 4.78 is 9.35. The van der Waals surface area contributed by atoms with Crippen molar-refractivity contribution in [3.05, 3.63) is 64.7 Å². The summed E-state index contributed by atoms with van der Waals surface area (Å²) in [7, 11) is 1.81. The molecule has 4 rings (SSSR count). The van der Waals surface area contributed by atoms with Gasteiger partial charge in [0.1, 0.15) is 5.69 Å². The normalized spacial score (nSPS) is 17.1. The van der Waals surface area contributed by atoms with Crippen LogP contribution >= 0.6 is 0 Å². The summed E-state index contributed by atoms with van der Waals surface area (Å²) in [5.41, 5.74) is 5.42. The molecule has 1 fully saturated rings. The minimum Gasteiger partial charge on any atom is -0.377 e. The predicted molar refractivity (Wildman–Crippen MR) is 106 cm³/mol. The van der Waals surface area contributed by atoms with Crippen LogP contribution in [0.2, 0.25) is 0 Å². The summed E-state index contributed by atoms with van der Waals surface area (Å²) in [6, 6.07) is 11.7. The molecule has 3 aromatic rings. The second-order valence-electron chi connectivity index (χ2n) is 7.22. The first-order valence-electron chi connectivity index (χ1n) is 9.48. The summed E-state index contributed by atoms with van der Waals surface area (Å²) in [4.78, 5) is 15.2. The molecule has 0 N–H and O–H groups in total. The van der Waals surface area contributed by atoms with E-state index >= 15 is 0 Å². The van der Waals surface area contributed by atoms with Crippen molar-refractivity contribution in [3.8, 4) is 5.69 Å². The van der Waals surface area contributed by atoms with E-state index in [1.807, 2.05) is 66.8 Å². The zero-order chi connectivity index (χ0) is 19.8. The molecule has 28 heavy (non-hydrogen) atoms. The van der Waals surface area contributed by atoms with E-state index in [4.69, 9.17) is 9.84 Å². The lowest BCUT2D eigenvalue weighted by Gasteiger charge is -2.36. The average molecular weight is 379 g/mol. The number of para-hydroxylation sites is 1. The molecule has 0 aliphatic carbocycles. The summed E-state index contributed by atoms with van der Waals surface area (Å²) in [5.74, 6) is -0.0253. The van der Waals surface area contributed by atoms with Gasteiger partial charge in [-0.1, -0.05) is 18.2 Å². The zero-order valence-corrected chi connectivity index (χ0v) is 16.7. The van der Waals surface area contributed by atoms with Crippen LogP contribution in [0.15, 0.2) is 36.4 Å². The quantitative estimate of drug-likeness (QED) is 0.702. The molecule has 1 aliphatic heterocycles. The molecule has 1 atom stereocenters. The van der Waals surface area contributed by atoms with E-state index < -0.39 is 0 Å². The van der Waals surface area contributed by atoms with Gasteiger partial charge in [0, 0.05) is 24.8 Å². The predicted octanol–water partition coefficient (Wildman–Crippen LogP) is 2.74. The molecule has 0 spiro atoms. The number of benzene rings is 1. The molecule has 0 bridgehead atoms. The van der Waals surface area contributed by atoms with Gasteiger partial charge in [-0.2, -0.15) is 10.2 Å². The van der Waals surface area contributed by atoms with Gasteiger partial charge in [0.25, 0.3) is 5.91 Å². The van der Waals surface area contributed by atoms with E-state index in [9.17, 15) is 4.79 Å². The van der Waals surface area contributed by atoms with Gasteiger partial charge in [-0.3, -0.25) is 9.48 Å². The number of morpholine rings is 1. The molecule has 0 radical (unpaired) electrons. The van der Waals surface area contributed by atoms with Crippen molar-refractivity contribution >= 4 is 5.91 Å².